The zero-order valence-electron chi connectivity index (χ0n) is 19.5. The number of aromatic nitrogens is 2. The number of aryl methyl sites for hydroxylation is 1. The van der Waals surface area contributed by atoms with Gasteiger partial charge in [0.1, 0.15) is 6.33 Å². The highest BCUT2D eigenvalue weighted by molar-refractivity contribution is 5.95. The average Bonchev–Trinajstić information content (AvgIpc) is 3.64. The monoisotopic (exact) mass is 445 g/mol. The summed E-state index contributed by atoms with van der Waals surface area (Å²) in [6.07, 6.45) is 3.64. The van der Waals surface area contributed by atoms with Gasteiger partial charge in [0.2, 0.25) is 0 Å². The number of likely N-dealkylation sites (N-methyl/N-ethyl adjacent to an activating group) is 1. The van der Waals surface area contributed by atoms with E-state index in [1.54, 1.807) is 17.0 Å². The molecule has 7 heteroatoms. The summed E-state index contributed by atoms with van der Waals surface area (Å²) in [7, 11) is 0. The third kappa shape index (κ3) is 4.25. The van der Waals surface area contributed by atoms with Crippen LogP contribution >= 0.6 is 0 Å². The number of carbonyl (C=O) groups excluding carboxylic acids is 1. The molecule has 2 heterocycles. The normalized spacial score (nSPS) is 19.1. The summed E-state index contributed by atoms with van der Waals surface area (Å²) in [5, 5.41) is 3.61. The van der Waals surface area contributed by atoms with Gasteiger partial charge in [-0.2, -0.15) is 0 Å². The molecule has 1 amide bonds. The summed E-state index contributed by atoms with van der Waals surface area (Å²) >= 11 is 0. The van der Waals surface area contributed by atoms with Gasteiger partial charge in [-0.15, -0.1) is 0 Å². The summed E-state index contributed by atoms with van der Waals surface area (Å²) in [4.78, 5) is 35.5. The molecule has 0 radical (unpaired) electrons. The quantitative estimate of drug-likeness (QED) is 0.654. The number of nitrogens with one attached hydrogen (secondary N) is 1. The van der Waals surface area contributed by atoms with E-state index >= 15 is 0 Å². The SMILES string of the molecule is CCN1CCN(c2ccc3ncn(-c4cc(C(=O)NC5CC5)ccc4C)c(=O)c3c2)C[C@H]1C. The van der Waals surface area contributed by atoms with Gasteiger partial charge in [-0.1, -0.05) is 13.0 Å². The van der Waals surface area contributed by atoms with E-state index in [0.717, 1.165) is 50.3 Å². The molecule has 172 valence electrons. The third-order valence-electron chi connectivity index (χ3n) is 6.92. The highest BCUT2D eigenvalue weighted by Crippen LogP contribution is 2.24. The highest BCUT2D eigenvalue weighted by atomic mass is 16.1. The van der Waals surface area contributed by atoms with Crippen LogP contribution in [0.5, 0.6) is 0 Å². The molecule has 7 nitrogen and oxygen atoms in total. The van der Waals surface area contributed by atoms with E-state index < -0.39 is 0 Å². The molecule has 1 N–H and O–H groups in total. The molecule has 0 spiro atoms. The van der Waals surface area contributed by atoms with Crippen LogP contribution in [0.4, 0.5) is 5.69 Å². The van der Waals surface area contributed by atoms with Gasteiger partial charge in [0, 0.05) is 43.0 Å². The van der Waals surface area contributed by atoms with Gasteiger partial charge in [0.05, 0.1) is 16.6 Å². The van der Waals surface area contributed by atoms with Crippen molar-refractivity contribution in [3.8, 4) is 5.69 Å². The van der Waals surface area contributed by atoms with E-state index in [0.29, 0.717) is 28.2 Å². The summed E-state index contributed by atoms with van der Waals surface area (Å²) in [6, 6.07) is 12.2. The zero-order chi connectivity index (χ0) is 23.1. The van der Waals surface area contributed by atoms with Crippen LogP contribution in [0.1, 0.15) is 42.6 Å². The van der Waals surface area contributed by atoms with E-state index in [4.69, 9.17) is 0 Å². The summed E-state index contributed by atoms with van der Waals surface area (Å²) in [5.74, 6) is -0.0943. The van der Waals surface area contributed by atoms with Crippen LogP contribution in [0.2, 0.25) is 0 Å². The molecule has 2 aliphatic rings. The lowest BCUT2D eigenvalue weighted by Crippen LogP contribution is -2.51. The number of hydrogen-bond donors (Lipinski definition) is 1. The Hall–Kier alpha value is -3.19. The van der Waals surface area contributed by atoms with Crippen LogP contribution in [-0.2, 0) is 0 Å². The van der Waals surface area contributed by atoms with Gasteiger partial charge in [-0.25, -0.2) is 4.98 Å². The summed E-state index contributed by atoms with van der Waals surface area (Å²) in [5.41, 5.74) is 3.78. The molecule has 5 rings (SSSR count). The first-order valence-corrected chi connectivity index (χ1v) is 11.9. The Morgan fingerprint density at radius 2 is 1.97 bits per heavy atom. The number of benzene rings is 2. The van der Waals surface area contributed by atoms with Gasteiger partial charge >= 0.3 is 0 Å². The fourth-order valence-corrected chi connectivity index (χ4v) is 4.68. The molecule has 1 aromatic heterocycles. The molecule has 1 aliphatic heterocycles. The van der Waals surface area contributed by atoms with Crippen LogP contribution in [0.3, 0.4) is 0 Å². The molecule has 2 fully saturated rings. The molecule has 1 aliphatic carbocycles. The first kappa shape index (κ1) is 21.6. The van der Waals surface area contributed by atoms with Crippen LogP contribution < -0.4 is 15.8 Å². The predicted octanol–water partition coefficient (Wildman–Crippen LogP) is 3.12. The fraction of sp³-hybridized carbons (Fsp3) is 0.423. The maximum absolute atomic E-state index is 13.5. The fourth-order valence-electron chi connectivity index (χ4n) is 4.68. The van der Waals surface area contributed by atoms with E-state index in [9.17, 15) is 9.59 Å². The van der Waals surface area contributed by atoms with Crippen LogP contribution in [0.25, 0.3) is 16.6 Å². The smallest absolute Gasteiger partial charge is 0.265 e. The zero-order valence-corrected chi connectivity index (χ0v) is 19.5. The van der Waals surface area contributed by atoms with Crippen molar-refractivity contribution in [2.45, 2.75) is 45.7 Å². The minimum absolute atomic E-state index is 0.0943. The molecular formula is C26H31N5O2. The Morgan fingerprint density at radius 3 is 2.70 bits per heavy atom. The standard InChI is InChI=1S/C26H31N5O2/c1-4-29-11-12-30(15-18(29)3)21-9-10-23-22(14-21)26(33)31(16-27-23)24-13-19(6-5-17(24)2)25(32)28-20-7-8-20/h5-6,9-10,13-14,16,18,20H,4,7-8,11-12,15H2,1-3H3,(H,28,32)/t18-/m1/s1. The number of hydrogen-bond acceptors (Lipinski definition) is 5. The van der Waals surface area contributed by atoms with Crippen molar-refractivity contribution in [1.82, 2.24) is 19.8 Å². The first-order valence-electron chi connectivity index (χ1n) is 11.9. The molecule has 0 bridgehead atoms. The second kappa shape index (κ2) is 8.63. The lowest BCUT2D eigenvalue weighted by Gasteiger charge is -2.40. The predicted molar refractivity (Wildman–Crippen MR) is 131 cm³/mol. The minimum Gasteiger partial charge on any atom is -0.369 e. The number of piperazine rings is 1. The van der Waals surface area contributed by atoms with Crippen molar-refractivity contribution < 1.29 is 4.79 Å². The molecule has 33 heavy (non-hydrogen) atoms. The Morgan fingerprint density at radius 1 is 1.15 bits per heavy atom. The van der Waals surface area contributed by atoms with Crippen LogP contribution in [0.15, 0.2) is 47.5 Å². The summed E-state index contributed by atoms with van der Waals surface area (Å²) in [6.45, 7) is 10.3. The second-order valence-electron chi connectivity index (χ2n) is 9.29. The van der Waals surface area contributed by atoms with E-state index in [1.807, 2.05) is 31.2 Å². The Kier molecular flexibility index (Phi) is 5.66. The van der Waals surface area contributed by atoms with Crippen molar-refractivity contribution in [3.63, 3.8) is 0 Å². The number of amides is 1. The number of fused-ring (bicyclic) bond motifs is 1. The van der Waals surface area contributed by atoms with Crippen molar-refractivity contribution in [1.29, 1.82) is 0 Å². The van der Waals surface area contributed by atoms with E-state index in [1.165, 1.54) is 0 Å². The molecule has 1 saturated carbocycles. The number of carbonyl (C=O) groups is 1. The third-order valence-corrected chi connectivity index (χ3v) is 6.92. The number of rotatable bonds is 5. The van der Waals surface area contributed by atoms with Crippen molar-refractivity contribution in [2.75, 3.05) is 31.1 Å². The van der Waals surface area contributed by atoms with Gasteiger partial charge in [-0.3, -0.25) is 19.1 Å². The Labute approximate surface area is 194 Å². The van der Waals surface area contributed by atoms with Crippen molar-refractivity contribution >= 4 is 22.5 Å². The number of anilines is 1. The lowest BCUT2D eigenvalue weighted by atomic mass is 10.1. The van der Waals surface area contributed by atoms with Gasteiger partial charge < -0.3 is 10.2 Å². The van der Waals surface area contributed by atoms with Crippen molar-refractivity contribution in [3.05, 3.63) is 64.2 Å². The highest BCUT2D eigenvalue weighted by Gasteiger charge is 2.25. The van der Waals surface area contributed by atoms with E-state index in [-0.39, 0.29) is 17.5 Å². The van der Waals surface area contributed by atoms with Gasteiger partial charge in [0.25, 0.3) is 11.5 Å². The molecule has 2 aromatic carbocycles. The maximum atomic E-state index is 13.5. The first-order chi connectivity index (χ1) is 15.9. The topological polar surface area (TPSA) is 70.5 Å². The van der Waals surface area contributed by atoms with Crippen molar-refractivity contribution in [2.24, 2.45) is 0 Å². The lowest BCUT2D eigenvalue weighted by molar-refractivity contribution is 0.0951. The molecule has 0 unspecified atom stereocenters. The Balaban J connectivity index is 1.50. The molecular weight excluding hydrogens is 414 g/mol. The van der Waals surface area contributed by atoms with Crippen LogP contribution in [-0.4, -0.2) is 58.6 Å². The largest absolute Gasteiger partial charge is 0.369 e. The Bertz CT molecular complexity index is 1260. The molecule has 1 atom stereocenters. The maximum Gasteiger partial charge on any atom is 0.265 e. The minimum atomic E-state index is -0.120. The molecule has 1 saturated heterocycles. The second-order valence-corrected chi connectivity index (χ2v) is 9.29. The number of nitrogens with zero attached hydrogens (tertiary/aromatic N) is 4. The van der Waals surface area contributed by atoms with Gasteiger partial charge in [0.15, 0.2) is 0 Å². The summed E-state index contributed by atoms with van der Waals surface area (Å²) < 4.78 is 1.56. The van der Waals surface area contributed by atoms with E-state index in [2.05, 4.69) is 40.0 Å². The average molecular weight is 446 g/mol. The van der Waals surface area contributed by atoms with Crippen LogP contribution in [0, 0.1) is 6.92 Å². The van der Waals surface area contributed by atoms with Gasteiger partial charge in [-0.05, 0) is 69.1 Å². The molecule has 3 aromatic rings.